The van der Waals surface area contributed by atoms with E-state index in [4.69, 9.17) is 23.1 Å². The van der Waals surface area contributed by atoms with Crippen molar-refractivity contribution in [3.63, 3.8) is 0 Å². The maximum absolute atomic E-state index is 11.6. The highest BCUT2D eigenvalue weighted by Gasteiger charge is 2.16. The predicted octanol–water partition coefficient (Wildman–Crippen LogP) is 1.21. The van der Waals surface area contributed by atoms with Crippen molar-refractivity contribution in [3.05, 3.63) is 28.8 Å². The standard InChI is InChI=1S/C11H14ClN3O2.ClH/c1-6-2-3-7(4-8(6)12)15-11(17)9(13)5-10(14)16;/h2-4,9H,5,13H2,1H3,(H2,14,16)(H,15,17);1H. The maximum atomic E-state index is 11.6. The molecule has 100 valence electrons. The lowest BCUT2D eigenvalue weighted by Crippen LogP contribution is -2.38. The second-order valence-corrected chi connectivity index (χ2v) is 4.14. The molecule has 5 nitrogen and oxygen atoms in total. The van der Waals surface area contributed by atoms with Crippen LogP contribution in [0.5, 0.6) is 0 Å². The lowest BCUT2D eigenvalue weighted by molar-refractivity contribution is -0.123. The Labute approximate surface area is 116 Å². The van der Waals surface area contributed by atoms with Crippen LogP contribution >= 0.6 is 24.0 Å². The third kappa shape index (κ3) is 4.91. The Morgan fingerprint density at radius 3 is 2.56 bits per heavy atom. The van der Waals surface area contributed by atoms with Crippen LogP contribution < -0.4 is 16.8 Å². The molecule has 0 aromatic heterocycles. The van der Waals surface area contributed by atoms with E-state index in [-0.39, 0.29) is 18.8 Å². The van der Waals surface area contributed by atoms with E-state index in [1.165, 1.54) is 0 Å². The molecule has 0 saturated carbocycles. The molecule has 7 heteroatoms. The lowest BCUT2D eigenvalue weighted by atomic mass is 10.2. The predicted molar refractivity (Wildman–Crippen MR) is 73.9 cm³/mol. The van der Waals surface area contributed by atoms with Crippen LogP contribution in [0.4, 0.5) is 5.69 Å². The van der Waals surface area contributed by atoms with Crippen LogP contribution in [-0.2, 0) is 9.59 Å². The Kier molecular flexibility index (Phi) is 6.68. The van der Waals surface area contributed by atoms with Crippen molar-refractivity contribution in [1.29, 1.82) is 0 Å². The van der Waals surface area contributed by atoms with Crippen LogP contribution in [0, 0.1) is 6.92 Å². The van der Waals surface area contributed by atoms with Crippen LogP contribution in [0.1, 0.15) is 12.0 Å². The first kappa shape index (κ1) is 16.7. The Bertz CT molecular complexity index is 452. The minimum Gasteiger partial charge on any atom is -0.370 e. The van der Waals surface area contributed by atoms with E-state index >= 15 is 0 Å². The average molecular weight is 292 g/mol. The van der Waals surface area contributed by atoms with Gasteiger partial charge in [0.05, 0.1) is 12.5 Å². The average Bonchev–Trinajstić information content (AvgIpc) is 2.22. The molecule has 1 unspecified atom stereocenters. The fourth-order valence-corrected chi connectivity index (χ4v) is 1.40. The lowest BCUT2D eigenvalue weighted by Gasteiger charge is -2.11. The highest BCUT2D eigenvalue weighted by Crippen LogP contribution is 2.19. The van der Waals surface area contributed by atoms with E-state index in [1.807, 2.05) is 6.92 Å². The SMILES string of the molecule is Cc1ccc(NC(=O)C(N)CC(N)=O)cc1Cl.Cl. The fourth-order valence-electron chi connectivity index (χ4n) is 1.22. The van der Waals surface area contributed by atoms with Gasteiger partial charge in [0.1, 0.15) is 0 Å². The normalized spacial score (nSPS) is 11.3. The number of anilines is 1. The number of aryl methyl sites for hydroxylation is 1. The second-order valence-electron chi connectivity index (χ2n) is 3.73. The van der Waals surface area contributed by atoms with Crippen molar-refractivity contribution in [2.75, 3.05) is 5.32 Å². The first-order chi connectivity index (χ1) is 7.90. The highest BCUT2D eigenvalue weighted by molar-refractivity contribution is 6.31. The topological polar surface area (TPSA) is 98.2 Å². The van der Waals surface area contributed by atoms with Crippen molar-refractivity contribution >= 4 is 41.5 Å². The summed E-state index contributed by atoms with van der Waals surface area (Å²) >= 11 is 5.90. The molecule has 0 heterocycles. The van der Waals surface area contributed by atoms with Crippen LogP contribution in [0.25, 0.3) is 0 Å². The van der Waals surface area contributed by atoms with Gasteiger partial charge in [-0.05, 0) is 24.6 Å². The minimum absolute atomic E-state index is 0. The molecule has 0 aliphatic carbocycles. The number of amides is 2. The second kappa shape index (κ2) is 7.20. The number of carbonyl (C=O) groups excluding carboxylic acids is 2. The molecule has 1 aromatic rings. The number of halogens is 2. The summed E-state index contributed by atoms with van der Waals surface area (Å²) in [6.07, 6.45) is -0.189. The zero-order valence-corrected chi connectivity index (χ0v) is 11.3. The van der Waals surface area contributed by atoms with Crippen LogP contribution in [-0.4, -0.2) is 17.9 Å². The molecule has 0 fully saturated rings. The summed E-state index contributed by atoms with van der Waals surface area (Å²) in [6, 6.07) is 4.15. The van der Waals surface area contributed by atoms with Gasteiger partial charge in [-0.1, -0.05) is 17.7 Å². The Balaban J connectivity index is 0.00000289. The highest BCUT2D eigenvalue weighted by atomic mass is 35.5. The molecule has 0 saturated heterocycles. The molecule has 0 bridgehead atoms. The molecule has 2 amide bonds. The number of nitrogens with two attached hydrogens (primary N) is 2. The van der Waals surface area contributed by atoms with Gasteiger partial charge in [-0.15, -0.1) is 12.4 Å². The minimum atomic E-state index is -0.951. The van der Waals surface area contributed by atoms with Crippen molar-refractivity contribution in [1.82, 2.24) is 0 Å². The first-order valence-electron chi connectivity index (χ1n) is 5.01. The number of primary amides is 1. The zero-order chi connectivity index (χ0) is 13.0. The molecule has 0 aliphatic heterocycles. The van der Waals surface area contributed by atoms with Crippen molar-refractivity contribution < 1.29 is 9.59 Å². The number of nitrogens with one attached hydrogen (secondary N) is 1. The number of hydrogen-bond acceptors (Lipinski definition) is 3. The molecule has 5 N–H and O–H groups in total. The van der Waals surface area contributed by atoms with Crippen LogP contribution in [0.2, 0.25) is 5.02 Å². The Hall–Kier alpha value is -1.30. The van der Waals surface area contributed by atoms with Gasteiger partial charge in [-0.3, -0.25) is 9.59 Å². The molecule has 18 heavy (non-hydrogen) atoms. The summed E-state index contributed by atoms with van der Waals surface area (Å²) in [5, 5.41) is 3.11. The van der Waals surface area contributed by atoms with Gasteiger partial charge in [-0.2, -0.15) is 0 Å². The van der Waals surface area contributed by atoms with Crippen LogP contribution in [0.3, 0.4) is 0 Å². The molecule has 0 spiro atoms. The number of rotatable bonds is 4. The Morgan fingerprint density at radius 1 is 1.44 bits per heavy atom. The number of carbonyl (C=O) groups is 2. The third-order valence-corrected chi connectivity index (χ3v) is 2.60. The molecular weight excluding hydrogens is 277 g/mol. The summed E-state index contributed by atoms with van der Waals surface area (Å²) in [6.45, 7) is 1.85. The molecular formula is C11H15Cl2N3O2. The van der Waals surface area contributed by atoms with E-state index in [2.05, 4.69) is 5.32 Å². The van der Waals surface area contributed by atoms with E-state index in [0.29, 0.717) is 10.7 Å². The molecule has 1 atom stereocenters. The van der Waals surface area contributed by atoms with Gasteiger partial charge < -0.3 is 16.8 Å². The summed E-state index contributed by atoms with van der Waals surface area (Å²) in [5.41, 5.74) is 11.9. The van der Waals surface area contributed by atoms with Gasteiger partial charge in [0.15, 0.2) is 0 Å². The van der Waals surface area contributed by atoms with Crippen molar-refractivity contribution in [2.24, 2.45) is 11.5 Å². The number of benzene rings is 1. The molecule has 1 rings (SSSR count). The Morgan fingerprint density at radius 2 is 2.06 bits per heavy atom. The van der Waals surface area contributed by atoms with Gasteiger partial charge in [-0.25, -0.2) is 0 Å². The van der Waals surface area contributed by atoms with Crippen molar-refractivity contribution in [2.45, 2.75) is 19.4 Å². The summed E-state index contributed by atoms with van der Waals surface area (Å²) in [7, 11) is 0. The van der Waals surface area contributed by atoms with Gasteiger partial charge in [0.25, 0.3) is 0 Å². The van der Waals surface area contributed by atoms with Gasteiger partial charge in [0, 0.05) is 10.7 Å². The maximum Gasteiger partial charge on any atom is 0.241 e. The monoisotopic (exact) mass is 291 g/mol. The van der Waals surface area contributed by atoms with Gasteiger partial charge >= 0.3 is 0 Å². The van der Waals surface area contributed by atoms with Crippen LogP contribution in [0.15, 0.2) is 18.2 Å². The van der Waals surface area contributed by atoms with E-state index in [1.54, 1.807) is 18.2 Å². The third-order valence-electron chi connectivity index (χ3n) is 2.20. The number of hydrogen-bond donors (Lipinski definition) is 3. The van der Waals surface area contributed by atoms with Crippen molar-refractivity contribution in [3.8, 4) is 0 Å². The van der Waals surface area contributed by atoms with E-state index < -0.39 is 17.9 Å². The molecule has 0 aliphatic rings. The summed E-state index contributed by atoms with van der Waals surface area (Å²) < 4.78 is 0. The fraction of sp³-hybridized carbons (Fsp3) is 0.273. The summed E-state index contributed by atoms with van der Waals surface area (Å²) in [4.78, 5) is 22.2. The molecule has 0 radical (unpaired) electrons. The zero-order valence-electron chi connectivity index (χ0n) is 9.77. The van der Waals surface area contributed by atoms with E-state index in [0.717, 1.165) is 5.56 Å². The van der Waals surface area contributed by atoms with E-state index in [9.17, 15) is 9.59 Å². The largest absolute Gasteiger partial charge is 0.370 e. The quantitative estimate of drug-likeness (QED) is 0.778. The smallest absolute Gasteiger partial charge is 0.241 e. The summed E-state index contributed by atoms with van der Waals surface area (Å²) in [5.74, 6) is -1.08. The first-order valence-corrected chi connectivity index (χ1v) is 5.39. The molecule has 1 aromatic carbocycles. The van der Waals surface area contributed by atoms with Gasteiger partial charge in [0.2, 0.25) is 11.8 Å².